The normalized spacial score (nSPS) is 40.0. The molecule has 1 rings (SSSR count). The minimum atomic E-state index is -1.39. The summed E-state index contributed by atoms with van der Waals surface area (Å²) in [5.74, 6) is -0.323. The van der Waals surface area contributed by atoms with Crippen LogP contribution < -0.4 is 5.32 Å². The molecule has 0 spiro atoms. The average molecular weight is 191 g/mol. The van der Waals surface area contributed by atoms with Crippen molar-refractivity contribution in [2.75, 3.05) is 6.61 Å². The van der Waals surface area contributed by atoms with E-state index in [2.05, 4.69) is 5.32 Å². The second kappa shape index (κ2) is 4.01. The van der Waals surface area contributed by atoms with Crippen LogP contribution >= 0.6 is 0 Å². The van der Waals surface area contributed by atoms with E-state index in [-0.39, 0.29) is 12.5 Å². The molecule has 1 aliphatic heterocycles. The van der Waals surface area contributed by atoms with Crippen LogP contribution in [0.3, 0.4) is 0 Å². The fourth-order valence-electron chi connectivity index (χ4n) is 1.19. The number of carbonyl (C=O) groups excluding carboxylic acids is 1. The number of hydrogen-bond donors (Lipinski definition) is 4. The zero-order valence-corrected chi connectivity index (χ0v) is 7.17. The first-order chi connectivity index (χ1) is 6.02. The number of aliphatic hydroxyl groups excluding tert-OH is 3. The predicted molar refractivity (Wildman–Crippen MR) is 41.6 cm³/mol. The van der Waals surface area contributed by atoms with Crippen molar-refractivity contribution >= 4 is 5.91 Å². The van der Waals surface area contributed by atoms with Crippen molar-refractivity contribution in [2.45, 2.75) is 31.5 Å². The van der Waals surface area contributed by atoms with Crippen LogP contribution in [-0.2, 0) is 9.53 Å². The first kappa shape index (κ1) is 10.4. The molecule has 0 aromatic heterocycles. The highest BCUT2D eigenvalue weighted by Crippen LogP contribution is 2.13. The van der Waals surface area contributed by atoms with Gasteiger partial charge in [-0.2, -0.15) is 0 Å². The van der Waals surface area contributed by atoms with Crippen LogP contribution in [0.25, 0.3) is 0 Å². The van der Waals surface area contributed by atoms with Crippen molar-refractivity contribution in [3.05, 3.63) is 0 Å². The van der Waals surface area contributed by atoms with Crippen LogP contribution in [0.4, 0.5) is 0 Å². The van der Waals surface area contributed by atoms with Gasteiger partial charge in [0.05, 0.1) is 12.6 Å². The first-order valence-corrected chi connectivity index (χ1v) is 3.95. The van der Waals surface area contributed by atoms with Gasteiger partial charge in [-0.3, -0.25) is 4.79 Å². The summed E-state index contributed by atoms with van der Waals surface area (Å²) in [5.41, 5.74) is 0. The van der Waals surface area contributed by atoms with Crippen molar-refractivity contribution in [2.24, 2.45) is 0 Å². The summed E-state index contributed by atoms with van der Waals surface area (Å²) in [6.07, 6.45) is -3.97. The van der Waals surface area contributed by atoms with Crippen LogP contribution in [0.1, 0.15) is 6.92 Å². The van der Waals surface area contributed by atoms with E-state index in [4.69, 9.17) is 14.9 Å². The molecule has 0 bridgehead atoms. The maximum atomic E-state index is 10.6. The SMILES string of the molecule is CC(=O)N[C@@H]1COC(O)[C@H](O)[C@H]1O. The Balaban J connectivity index is 2.53. The summed E-state index contributed by atoms with van der Waals surface area (Å²) in [5, 5.41) is 29.9. The Kier molecular flexibility index (Phi) is 3.21. The van der Waals surface area contributed by atoms with Gasteiger partial charge < -0.3 is 25.4 Å². The van der Waals surface area contributed by atoms with Gasteiger partial charge in [-0.05, 0) is 0 Å². The Morgan fingerprint density at radius 1 is 1.38 bits per heavy atom. The number of nitrogens with one attached hydrogen (secondary N) is 1. The zero-order chi connectivity index (χ0) is 10.0. The van der Waals surface area contributed by atoms with Crippen molar-refractivity contribution in [1.29, 1.82) is 0 Å². The summed E-state index contributed by atoms with van der Waals surface area (Å²) >= 11 is 0. The van der Waals surface area contributed by atoms with E-state index in [1.807, 2.05) is 0 Å². The molecule has 6 heteroatoms. The fourth-order valence-corrected chi connectivity index (χ4v) is 1.19. The van der Waals surface area contributed by atoms with Crippen molar-refractivity contribution in [1.82, 2.24) is 5.32 Å². The van der Waals surface area contributed by atoms with E-state index in [0.717, 1.165) is 0 Å². The van der Waals surface area contributed by atoms with E-state index in [1.165, 1.54) is 6.92 Å². The maximum Gasteiger partial charge on any atom is 0.217 e. The van der Waals surface area contributed by atoms with Crippen molar-refractivity contribution in [3.63, 3.8) is 0 Å². The lowest BCUT2D eigenvalue weighted by molar-refractivity contribution is -0.229. The molecule has 0 radical (unpaired) electrons. The van der Waals surface area contributed by atoms with Gasteiger partial charge in [0.15, 0.2) is 6.29 Å². The highest BCUT2D eigenvalue weighted by molar-refractivity contribution is 5.73. The summed E-state index contributed by atoms with van der Waals surface area (Å²) in [6, 6.07) is -0.670. The minimum absolute atomic E-state index is 0.0149. The third kappa shape index (κ3) is 2.38. The van der Waals surface area contributed by atoms with E-state index >= 15 is 0 Å². The van der Waals surface area contributed by atoms with Gasteiger partial charge >= 0.3 is 0 Å². The van der Waals surface area contributed by atoms with Crippen molar-refractivity contribution in [3.8, 4) is 0 Å². The van der Waals surface area contributed by atoms with Gasteiger partial charge in [-0.25, -0.2) is 0 Å². The molecule has 4 N–H and O–H groups in total. The summed E-state index contributed by atoms with van der Waals surface area (Å²) in [7, 11) is 0. The molecule has 0 aromatic rings. The lowest BCUT2D eigenvalue weighted by Crippen LogP contribution is -2.58. The van der Waals surface area contributed by atoms with Gasteiger partial charge in [0.1, 0.15) is 12.2 Å². The topological polar surface area (TPSA) is 99.0 Å². The molecule has 13 heavy (non-hydrogen) atoms. The van der Waals surface area contributed by atoms with Crippen LogP contribution in [0.5, 0.6) is 0 Å². The Morgan fingerprint density at radius 3 is 2.54 bits per heavy atom. The largest absolute Gasteiger partial charge is 0.388 e. The molecule has 76 valence electrons. The van der Waals surface area contributed by atoms with Crippen LogP contribution in [-0.4, -0.2) is 52.4 Å². The lowest BCUT2D eigenvalue weighted by atomic mass is 10.0. The van der Waals surface area contributed by atoms with Crippen LogP contribution in [0.15, 0.2) is 0 Å². The predicted octanol–water partition coefficient (Wildman–Crippen LogP) is -2.44. The summed E-state index contributed by atoms with van der Waals surface area (Å²) < 4.78 is 4.70. The molecule has 4 atom stereocenters. The van der Waals surface area contributed by atoms with Gasteiger partial charge in [-0.1, -0.05) is 0 Å². The van der Waals surface area contributed by atoms with Crippen LogP contribution in [0, 0.1) is 0 Å². The second-order valence-electron chi connectivity index (χ2n) is 3.01. The zero-order valence-electron chi connectivity index (χ0n) is 7.17. The fraction of sp³-hybridized carbons (Fsp3) is 0.857. The number of rotatable bonds is 1. The molecule has 0 saturated carbocycles. The van der Waals surface area contributed by atoms with Crippen LogP contribution in [0.2, 0.25) is 0 Å². The quantitative estimate of drug-likeness (QED) is 0.369. The molecular weight excluding hydrogens is 178 g/mol. The number of carbonyl (C=O) groups is 1. The number of amides is 1. The highest BCUT2D eigenvalue weighted by Gasteiger charge is 2.37. The van der Waals surface area contributed by atoms with Crippen molar-refractivity contribution < 1.29 is 24.9 Å². The van der Waals surface area contributed by atoms with E-state index in [1.54, 1.807) is 0 Å². The summed E-state index contributed by atoms with van der Waals surface area (Å²) in [6.45, 7) is 1.28. The highest BCUT2D eigenvalue weighted by atomic mass is 16.6. The maximum absolute atomic E-state index is 10.6. The molecule has 1 amide bonds. The molecule has 1 saturated heterocycles. The van der Waals surface area contributed by atoms with Gasteiger partial charge in [0, 0.05) is 6.92 Å². The minimum Gasteiger partial charge on any atom is -0.388 e. The van der Waals surface area contributed by atoms with E-state index < -0.39 is 24.5 Å². The number of hydrogen-bond acceptors (Lipinski definition) is 5. The molecule has 1 heterocycles. The lowest BCUT2D eigenvalue weighted by Gasteiger charge is -2.35. The Morgan fingerprint density at radius 2 is 2.00 bits per heavy atom. The van der Waals surface area contributed by atoms with Gasteiger partial charge in [-0.15, -0.1) is 0 Å². The Bertz CT molecular complexity index is 197. The first-order valence-electron chi connectivity index (χ1n) is 3.95. The van der Waals surface area contributed by atoms with Gasteiger partial charge in [0.2, 0.25) is 5.91 Å². The third-order valence-electron chi connectivity index (χ3n) is 1.89. The molecule has 6 nitrogen and oxygen atoms in total. The molecule has 1 aliphatic rings. The van der Waals surface area contributed by atoms with Gasteiger partial charge in [0.25, 0.3) is 0 Å². The smallest absolute Gasteiger partial charge is 0.217 e. The molecule has 0 aliphatic carbocycles. The Hall–Kier alpha value is -0.690. The number of aliphatic hydroxyl groups is 3. The monoisotopic (exact) mass is 191 g/mol. The average Bonchev–Trinajstić information content (AvgIpc) is 2.06. The molecule has 0 aromatic carbocycles. The standard InChI is InChI=1S/C7H13NO5/c1-3(9)8-4-2-13-7(12)6(11)5(4)10/h4-7,10-12H,2H2,1H3,(H,8,9)/t4-,5+,6-,7?/m1/s1. The van der Waals surface area contributed by atoms with E-state index in [9.17, 15) is 9.90 Å². The third-order valence-corrected chi connectivity index (χ3v) is 1.89. The molecular formula is C7H13NO5. The Labute approximate surface area is 75.1 Å². The second-order valence-corrected chi connectivity index (χ2v) is 3.01. The summed E-state index contributed by atoms with van der Waals surface area (Å²) in [4.78, 5) is 10.6. The molecule has 1 fully saturated rings. The van der Waals surface area contributed by atoms with E-state index in [0.29, 0.717) is 0 Å². The molecule has 1 unspecified atom stereocenters. The number of ether oxygens (including phenoxy) is 1.